The zero-order valence-corrected chi connectivity index (χ0v) is 18.5. The minimum atomic E-state index is -0.939. The van der Waals surface area contributed by atoms with E-state index in [9.17, 15) is 15.0 Å². The van der Waals surface area contributed by atoms with Crippen LogP contribution in [0.1, 0.15) is 40.1 Å². The molecular weight excluding hydrogens is 406 g/mol. The number of carbonyl (C=O) groups is 1. The molecule has 0 fully saturated rings. The minimum Gasteiger partial charge on any atom is -0.508 e. The van der Waals surface area contributed by atoms with Gasteiger partial charge in [-0.15, -0.1) is 0 Å². The number of nitrogens with one attached hydrogen (secondary N) is 1. The fraction of sp³-hybridized carbons (Fsp3) is 0.269. The summed E-state index contributed by atoms with van der Waals surface area (Å²) in [6.45, 7) is 6.89. The second-order valence-corrected chi connectivity index (χ2v) is 7.95. The van der Waals surface area contributed by atoms with Crippen LogP contribution in [0.15, 0.2) is 60.7 Å². The molecule has 0 heterocycles. The van der Waals surface area contributed by atoms with Gasteiger partial charge in [0.1, 0.15) is 18.1 Å². The van der Waals surface area contributed by atoms with E-state index in [-0.39, 0.29) is 17.4 Å². The Labute approximate surface area is 188 Å². The van der Waals surface area contributed by atoms with Crippen molar-refractivity contribution in [2.45, 2.75) is 32.9 Å². The second kappa shape index (κ2) is 10.3. The number of hydrogen-bond donors (Lipinski definition) is 4. The van der Waals surface area contributed by atoms with Crippen molar-refractivity contribution in [1.29, 1.82) is 0 Å². The average molecular weight is 436 g/mol. The summed E-state index contributed by atoms with van der Waals surface area (Å²) >= 11 is 0. The smallest absolute Gasteiger partial charge is 0.335 e. The molecule has 0 saturated heterocycles. The van der Waals surface area contributed by atoms with Crippen LogP contribution < -0.4 is 10.1 Å². The molecule has 3 aromatic carbocycles. The third-order valence-corrected chi connectivity index (χ3v) is 5.45. The topological polar surface area (TPSA) is 99.0 Å². The van der Waals surface area contributed by atoms with Gasteiger partial charge in [0.05, 0.1) is 11.7 Å². The van der Waals surface area contributed by atoms with Gasteiger partial charge in [0, 0.05) is 12.6 Å². The summed E-state index contributed by atoms with van der Waals surface area (Å²) in [4.78, 5) is 11.0. The first kappa shape index (κ1) is 23.3. The van der Waals surface area contributed by atoms with Gasteiger partial charge in [0.15, 0.2) is 0 Å². The van der Waals surface area contributed by atoms with Gasteiger partial charge in [-0.2, -0.15) is 0 Å². The van der Waals surface area contributed by atoms with Gasteiger partial charge in [0.2, 0.25) is 0 Å². The highest BCUT2D eigenvalue weighted by atomic mass is 16.5. The van der Waals surface area contributed by atoms with Crippen molar-refractivity contribution in [2.24, 2.45) is 0 Å². The summed E-state index contributed by atoms with van der Waals surface area (Å²) in [6, 6.07) is 17.2. The second-order valence-electron chi connectivity index (χ2n) is 7.95. The predicted molar refractivity (Wildman–Crippen MR) is 124 cm³/mol. The molecule has 0 unspecified atom stereocenters. The largest absolute Gasteiger partial charge is 0.508 e. The van der Waals surface area contributed by atoms with E-state index in [2.05, 4.69) is 5.32 Å². The standard InChI is InChI=1S/C26H29NO5/c1-16-14-22(19-4-6-21(7-5-19)26(30)31)15-17(2)25(16)32-13-12-27-18(3)24(29)20-8-10-23(28)11-9-20/h4-11,14-15,18,24,27-29H,12-13H2,1-3H3,(H,30,31)/t18-,24+/m1/s1. The summed E-state index contributed by atoms with van der Waals surface area (Å²) in [5, 5.41) is 32.2. The van der Waals surface area contributed by atoms with Crippen LogP contribution in [0, 0.1) is 13.8 Å². The predicted octanol–water partition coefficient (Wildman–Crippen LogP) is 4.46. The molecule has 0 radical (unpaired) electrons. The van der Waals surface area contributed by atoms with E-state index < -0.39 is 12.1 Å². The lowest BCUT2D eigenvalue weighted by Crippen LogP contribution is -2.35. The third-order valence-electron chi connectivity index (χ3n) is 5.45. The number of rotatable bonds is 9. The van der Waals surface area contributed by atoms with Crippen LogP contribution in [0.2, 0.25) is 0 Å². The molecule has 0 aliphatic carbocycles. The van der Waals surface area contributed by atoms with Gasteiger partial charge in [-0.25, -0.2) is 4.79 Å². The molecular formula is C26H29NO5. The maximum absolute atomic E-state index is 11.0. The number of ether oxygens (including phenoxy) is 1. The molecule has 0 bridgehead atoms. The quantitative estimate of drug-likeness (QED) is 0.370. The molecule has 2 atom stereocenters. The number of aromatic hydroxyl groups is 1. The molecule has 6 nitrogen and oxygen atoms in total. The Balaban J connectivity index is 1.57. The number of aliphatic hydroxyl groups excluding tert-OH is 1. The lowest BCUT2D eigenvalue weighted by Gasteiger charge is -2.21. The number of phenolic OH excluding ortho intramolecular Hbond substituents is 1. The summed E-state index contributed by atoms with van der Waals surface area (Å²) in [5.74, 6) is 0.0552. The molecule has 168 valence electrons. The number of aliphatic hydroxyl groups is 1. The van der Waals surface area contributed by atoms with Crippen LogP contribution in [-0.2, 0) is 0 Å². The number of aromatic carboxylic acids is 1. The number of phenols is 1. The molecule has 3 rings (SSSR count). The summed E-state index contributed by atoms with van der Waals surface area (Å²) in [7, 11) is 0. The van der Waals surface area contributed by atoms with Crippen molar-refractivity contribution in [3.05, 3.63) is 82.9 Å². The van der Waals surface area contributed by atoms with Gasteiger partial charge >= 0.3 is 5.97 Å². The van der Waals surface area contributed by atoms with Crippen LogP contribution in [0.5, 0.6) is 11.5 Å². The number of carboxylic acid groups (broad SMARTS) is 1. The number of carboxylic acids is 1. The van der Waals surface area contributed by atoms with Crippen LogP contribution in [0.25, 0.3) is 11.1 Å². The minimum absolute atomic E-state index is 0.170. The van der Waals surface area contributed by atoms with Crippen LogP contribution in [-0.4, -0.2) is 40.5 Å². The van der Waals surface area contributed by atoms with Crippen molar-refractivity contribution < 1.29 is 24.9 Å². The summed E-state index contributed by atoms with van der Waals surface area (Å²) < 4.78 is 6.01. The maximum Gasteiger partial charge on any atom is 0.335 e. The first-order valence-electron chi connectivity index (χ1n) is 10.5. The highest BCUT2D eigenvalue weighted by Gasteiger charge is 2.16. The monoisotopic (exact) mass is 435 g/mol. The van der Waals surface area contributed by atoms with Crippen molar-refractivity contribution in [1.82, 2.24) is 5.32 Å². The van der Waals surface area contributed by atoms with Gasteiger partial charge < -0.3 is 25.4 Å². The van der Waals surface area contributed by atoms with E-state index in [1.165, 1.54) is 0 Å². The van der Waals surface area contributed by atoms with Gasteiger partial charge in [-0.05, 0) is 85.0 Å². The van der Waals surface area contributed by atoms with E-state index in [1.807, 2.05) is 45.0 Å². The van der Waals surface area contributed by atoms with Crippen molar-refractivity contribution in [2.75, 3.05) is 13.2 Å². The molecule has 0 aliphatic heterocycles. The first-order chi connectivity index (χ1) is 15.3. The summed E-state index contributed by atoms with van der Waals surface area (Å²) in [5.41, 5.74) is 4.96. The van der Waals surface area contributed by atoms with E-state index in [0.29, 0.717) is 13.2 Å². The van der Waals surface area contributed by atoms with Gasteiger partial charge in [-0.3, -0.25) is 0 Å². The molecule has 4 N–H and O–H groups in total. The molecule has 0 spiro atoms. The normalized spacial score (nSPS) is 12.9. The lowest BCUT2D eigenvalue weighted by molar-refractivity contribution is 0.0697. The summed E-state index contributed by atoms with van der Waals surface area (Å²) in [6.07, 6.45) is -0.689. The molecule has 32 heavy (non-hydrogen) atoms. The van der Waals surface area contributed by atoms with Gasteiger partial charge in [-0.1, -0.05) is 24.3 Å². The molecule has 0 aliphatic rings. The Kier molecular flexibility index (Phi) is 7.51. The Bertz CT molecular complexity index is 1040. The molecule has 0 amide bonds. The Hall–Kier alpha value is -3.35. The van der Waals surface area contributed by atoms with E-state index in [0.717, 1.165) is 33.6 Å². The maximum atomic E-state index is 11.0. The number of benzene rings is 3. The average Bonchev–Trinajstić information content (AvgIpc) is 2.77. The molecule has 0 saturated carbocycles. The van der Waals surface area contributed by atoms with Crippen LogP contribution in [0.3, 0.4) is 0 Å². The van der Waals surface area contributed by atoms with E-state index >= 15 is 0 Å². The van der Waals surface area contributed by atoms with Crippen molar-refractivity contribution in [3.63, 3.8) is 0 Å². The highest BCUT2D eigenvalue weighted by molar-refractivity contribution is 5.88. The van der Waals surface area contributed by atoms with E-state index in [4.69, 9.17) is 9.84 Å². The van der Waals surface area contributed by atoms with Crippen molar-refractivity contribution in [3.8, 4) is 22.6 Å². The Morgan fingerprint density at radius 2 is 1.56 bits per heavy atom. The number of aryl methyl sites for hydroxylation is 2. The molecule has 0 aromatic heterocycles. The van der Waals surface area contributed by atoms with E-state index in [1.54, 1.807) is 36.4 Å². The SMILES string of the molecule is Cc1cc(-c2ccc(C(=O)O)cc2)cc(C)c1OCCN[C@H](C)[C@H](O)c1ccc(O)cc1. The lowest BCUT2D eigenvalue weighted by atomic mass is 9.99. The Morgan fingerprint density at radius 3 is 2.12 bits per heavy atom. The molecule has 3 aromatic rings. The molecule has 6 heteroatoms. The zero-order valence-electron chi connectivity index (χ0n) is 18.5. The fourth-order valence-corrected chi connectivity index (χ4v) is 3.66. The Morgan fingerprint density at radius 1 is 0.969 bits per heavy atom. The zero-order chi connectivity index (χ0) is 23.3. The van der Waals surface area contributed by atoms with Crippen molar-refractivity contribution >= 4 is 5.97 Å². The fourth-order valence-electron chi connectivity index (χ4n) is 3.66. The highest BCUT2D eigenvalue weighted by Crippen LogP contribution is 2.30. The first-order valence-corrected chi connectivity index (χ1v) is 10.5. The number of hydrogen-bond acceptors (Lipinski definition) is 5. The van der Waals surface area contributed by atoms with Gasteiger partial charge in [0.25, 0.3) is 0 Å². The van der Waals surface area contributed by atoms with Crippen LogP contribution >= 0.6 is 0 Å². The van der Waals surface area contributed by atoms with Crippen LogP contribution in [0.4, 0.5) is 0 Å². The third kappa shape index (κ3) is 5.66.